The Morgan fingerprint density at radius 1 is 1.00 bits per heavy atom. The topological polar surface area (TPSA) is 27.1 Å². The highest BCUT2D eigenvalue weighted by molar-refractivity contribution is 5.27. The van der Waals surface area contributed by atoms with Gasteiger partial charge in [-0.2, -0.15) is 0 Å². The fourth-order valence-electron chi connectivity index (χ4n) is 2.37. The highest BCUT2D eigenvalue weighted by Crippen LogP contribution is 2.14. The largest absolute Gasteiger partial charge is 0.497 e. The molecule has 108 valence electrons. The molecule has 0 fully saturated rings. The number of benzene rings is 1. The fourth-order valence-corrected chi connectivity index (χ4v) is 2.37. The minimum Gasteiger partial charge on any atom is -0.497 e. The summed E-state index contributed by atoms with van der Waals surface area (Å²) in [6.07, 6.45) is 13.4. The van der Waals surface area contributed by atoms with Crippen LogP contribution in [-0.4, -0.2) is 16.7 Å². The second kappa shape index (κ2) is 8.41. The molecule has 2 aromatic rings. The zero-order valence-electron chi connectivity index (χ0n) is 12.3. The lowest BCUT2D eigenvalue weighted by Crippen LogP contribution is -1.94. The molecule has 20 heavy (non-hydrogen) atoms. The molecule has 0 amide bonds. The van der Waals surface area contributed by atoms with Gasteiger partial charge in [-0.15, -0.1) is 0 Å². The van der Waals surface area contributed by atoms with E-state index in [0.717, 1.165) is 12.3 Å². The van der Waals surface area contributed by atoms with Crippen molar-refractivity contribution < 1.29 is 4.74 Å². The standard InChI is InChI=1S/C17H24N2O/c1-20-17-10-8-16(9-11-17)7-5-3-2-4-6-13-19-14-12-18-15-19/h8-12,14-15H,2-7,13H2,1H3. The van der Waals surface area contributed by atoms with Crippen LogP contribution >= 0.6 is 0 Å². The number of unbranched alkanes of at least 4 members (excludes halogenated alkanes) is 4. The van der Waals surface area contributed by atoms with Gasteiger partial charge in [-0.05, 0) is 37.0 Å². The maximum absolute atomic E-state index is 5.16. The van der Waals surface area contributed by atoms with Gasteiger partial charge in [0, 0.05) is 18.9 Å². The Morgan fingerprint density at radius 3 is 2.45 bits per heavy atom. The number of rotatable bonds is 9. The fraction of sp³-hybridized carbons (Fsp3) is 0.471. The minimum absolute atomic E-state index is 0.938. The van der Waals surface area contributed by atoms with Gasteiger partial charge in [0.2, 0.25) is 0 Å². The summed E-state index contributed by atoms with van der Waals surface area (Å²) in [7, 11) is 1.71. The SMILES string of the molecule is COc1ccc(CCCCCCCn2ccnc2)cc1. The molecule has 0 spiro atoms. The lowest BCUT2D eigenvalue weighted by Gasteiger charge is -2.04. The molecule has 0 saturated heterocycles. The minimum atomic E-state index is 0.938. The molecule has 3 heteroatoms. The van der Waals surface area contributed by atoms with Crippen molar-refractivity contribution in [1.82, 2.24) is 9.55 Å². The Kier molecular flexibility index (Phi) is 6.15. The van der Waals surface area contributed by atoms with E-state index in [-0.39, 0.29) is 0 Å². The summed E-state index contributed by atoms with van der Waals surface area (Å²) >= 11 is 0. The molecule has 0 aliphatic carbocycles. The summed E-state index contributed by atoms with van der Waals surface area (Å²) in [6, 6.07) is 8.41. The Bertz CT molecular complexity index is 462. The van der Waals surface area contributed by atoms with Crippen LogP contribution in [0.25, 0.3) is 0 Å². The number of aromatic nitrogens is 2. The van der Waals surface area contributed by atoms with Crippen LogP contribution in [-0.2, 0) is 13.0 Å². The molecule has 0 radical (unpaired) electrons. The third-order valence-corrected chi connectivity index (χ3v) is 3.60. The first-order valence-electron chi connectivity index (χ1n) is 7.47. The molecule has 2 rings (SSSR count). The number of hydrogen-bond donors (Lipinski definition) is 0. The molecule has 1 heterocycles. The number of methoxy groups -OCH3 is 1. The summed E-state index contributed by atoms with van der Waals surface area (Å²) in [6.45, 7) is 1.10. The highest BCUT2D eigenvalue weighted by Gasteiger charge is 1.96. The van der Waals surface area contributed by atoms with E-state index in [2.05, 4.69) is 21.7 Å². The molecule has 1 aromatic carbocycles. The van der Waals surface area contributed by atoms with Crippen LogP contribution in [0.4, 0.5) is 0 Å². The molecule has 0 N–H and O–H groups in total. The van der Waals surface area contributed by atoms with Gasteiger partial charge < -0.3 is 9.30 Å². The molecule has 3 nitrogen and oxygen atoms in total. The Labute approximate surface area is 121 Å². The highest BCUT2D eigenvalue weighted by atomic mass is 16.5. The third kappa shape index (κ3) is 5.08. The Hall–Kier alpha value is -1.77. The first-order chi connectivity index (χ1) is 9.88. The van der Waals surface area contributed by atoms with Crippen LogP contribution in [0.15, 0.2) is 43.0 Å². The Balaban J connectivity index is 1.50. The van der Waals surface area contributed by atoms with Gasteiger partial charge in [0.1, 0.15) is 5.75 Å². The third-order valence-electron chi connectivity index (χ3n) is 3.60. The quantitative estimate of drug-likeness (QED) is 0.643. The van der Waals surface area contributed by atoms with E-state index in [1.807, 2.05) is 30.9 Å². The molecule has 0 unspecified atom stereocenters. The van der Waals surface area contributed by atoms with Gasteiger partial charge in [-0.3, -0.25) is 0 Å². The molecular weight excluding hydrogens is 248 g/mol. The van der Waals surface area contributed by atoms with Crippen LogP contribution in [0.3, 0.4) is 0 Å². The van der Waals surface area contributed by atoms with E-state index in [1.54, 1.807) is 7.11 Å². The van der Waals surface area contributed by atoms with Crippen LogP contribution < -0.4 is 4.74 Å². The Morgan fingerprint density at radius 2 is 1.75 bits per heavy atom. The van der Waals surface area contributed by atoms with Crippen molar-refractivity contribution in [2.75, 3.05) is 7.11 Å². The number of imidazole rings is 1. The van der Waals surface area contributed by atoms with Crippen molar-refractivity contribution in [3.05, 3.63) is 48.5 Å². The van der Waals surface area contributed by atoms with Crippen LogP contribution in [0.5, 0.6) is 5.75 Å². The number of aryl methyl sites for hydroxylation is 2. The second-order valence-corrected chi connectivity index (χ2v) is 5.17. The van der Waals surface area contributed by atoms with E-state index in [9.17, 15) is 0 Å². The van der Waals surface area contributed by atoms with E-state index in [1.165, 1.54) is 44.1 Å². The number of nitrogens with zero attached hydrogens (tertiary/aromatic N) is 2. The first-order valence-corrected chi connectivity index (χ1v) is 7.47. The van der Waals surface area contributed by atoms with E-state index < -0.39 is 0 Å². The summed E-state index contributed by atoms with van der Waals surface area (Å²) < 4.78 is 7.31. The zero-order chi connectivity index (χ0) is 14.0. The zero-order valence-corrected chi connectivity index (χ0v) is 12.3. The van der Waals surface area contributed by atoms with Crippen molar-refractivity contribution in [2.45, 2.75) is 45.1 Å². The first kappa shape index (κ1) is 14.6. The summed E-state index contributed by atoms with van der Waals surface area (Å²) in [5.41, 5.74) is 1.41. The normalized spacial score (nSPS) is 10.7. The van der Waals surface area contributed by atoms with Crippen molar-refractivity contribution >= 4 is 0 Å². The lowest BCUT2D eigenvalue weighted by atomic mass is 10.1. The predicted molar refractivity (Wildman–Crippen MR) is 82.0 cm³/mol. The summed E-state index contributed by atoms with van der Waals surface area (Å²) in [5, 5.41) is 0. The van der Waals surface area contributed by atoms with Gasteiger partial charge in [-0.1, -0.05) is 31.4 Å². The number of hydrogen-bond acceptors (Lipinski definition) is 2. The summed E-state index contributed by atoms with van der Waals surface area (Å²) in [4.78, 5) is 4.05. The van der Waals surface area contributed by atoms with Gasteiger partial charge in [0.15, 0.2) is 0 Å². The molecule has 0 aliphatic heterocycles. The van der Waals surface area contributed by atoms with Crippen molar-refractivity contribution in [3.63, 3.8) is 0 Å². The van der Waals surface area contributed by atoms with E-state index in [0.29, 0.717) is 0 Å². The monoisotopic (exact) mass is 272 g/mol. The number of ether oxygens (including phenoxy) is 1. The maximum atomic E-state index is 5.16. The van der Waals surface area contributed by atoms with E-state index >= 15 is 0 Å². The average molecular weight is 272 g/mol. The van der Waals surface area contributed by atoms with Gasteiger partial charge in [0.25, 0.3) is 0 Å². The van der Waals surface area contributed by atoms with Crippen LogP contribution in [0, 0.1) is 0 Å². The predicted octanol–water partition coefficient (Wildman–Crippen LogP) is 4.08. The molecule has 1 aromatic heterocycles. The molecule has 0 bridgehead atoms. The molecule has 0 atom stereocenters. The van der Waals surface area contributed by atoms with Crippen LogP contribution in [0.2, 0.25) is 0 Å². The van der Waals surface area contributed by atoms with Crippen molar-refractivity contribution in [1.29, 1.82) is 0 Å². The molecule has 0 aliphatic rings. The maximum Gasteiger partial charge on any atom is 0.118 e. The van der Waals surface area contributed by atoms with Crippen molar-refractivity contribution in [2.24, 2.45) is 0 Å². The molecule has 0 saturated carbocycles. The summed E-state index contributed by atoms with van der Waals surface area (Å²) in [5.74, 6) is 0.938. The van der Waals surface area contributed by atoms with Crippen LogP contribution in [0.1, 0.15) is 37.7 Å². The van der Waals surface area contributed by atoms with Crippen molar-refractivity contribution in [3.8, 4) is 5.75 Å². The van der Waals surface area contributed by atoms with Gasteiger partial charge in [0.05, 0.1) is 13.4 Å². The average Bonchev–Trinajstić information content (AvgIpc) is 3.00. The van der Waals surface area contributed by atoms with Gasteiger partial charge >= 0.3 is 0 Å². The second-order valence-electron chi connectivity index (χ2n) is 5.17. The molecular formula is C17H24N2O. The van der Waals surface area contributed by atoms with Gasteiger partial charge in [-0.25, -0.2) is 4.98 Å². The smallest absolute Gasteiger partial charge is 0.118 e. The lowest BCUT2D eigenvalue weighted by molar-refractivity contribution is 0.414. The van der Waals surface area contributed by atoms with E-state index in [4.69, 9.17) is 4.74 Å².